The number of nitrogens with zero attached hydrogens (tertiary/aromatic N) is 1. The Labute approximate surface area is 127 Å². The number of benzene rings is 1. The number of methoxy groups -OCH3 is 1. The third-order valence-corrected chi connectivity index (χ3v) is 2.72. The predicted octanol–water partition coefficient (Wildman–Crippen LogP) is 1.06. The van der Waals surface area contributed by atoms with Gasteiger partial charge in [0, 0.05) is 12.5 Å². The first-order chi connectivity index (χ1) is 10.6. The highest BCUT2D eigenvalue weighted by Gasteiger charge is 2.41. The number of phenolic OH excluding ortho intramolecular Hbond substituents is 1. The van der Waals surface area contributed by atoms with Crippen LogP contribution in [0.3, 0.4) is 0 Å². The van der Waals surface area contributed by atoms with Crippen molar-refractivity contribution >= 4 is 17.6 Å². The average Bonchev–Trinajstić information content (AvgIpc) is 2.46. The molecule has 8 nitrogen and oxygen atoms in total. The Balaban J connectivity index is 3.03. The number of phenols is 1. The number of hydrogen-bond acceptors (Lipinski definition) is 6. The van der Waals surface area contributed by atoms with E-state index in [0.29, 0.717) is 0 Å². The van der Waals surface area contributed by atoms with Gasteiger partial charge in [0.25, 0.3) is 0 Å². The van der Waals surface area contributed by atoms with Gasteiger partial charge in [0.15, 0.2) is 5.75 Å². The van der Waals surface area contributed by atoms with E-state index in [1.807, 2.05) is 0 Å². The second-order valence-electron chi connectivity index (χ2n) is 4.33. The van der Waals surface area contributed by atoms with E-state index in [1.54, 1.807) is 0 Å². The van der Waals surface area contributed by atoms with E-state index in [1.165, 1.54) is 5.32 Å². The highest BCUT2D eigenvalue weighted by molar-refractivity contribution is 5.87. The molecule has 0 fully saturated rings. The first-order valence-corrected chi connectivity index (χ1v) is 5.98. The van der Waals surface area contributed by atoms with Gasteiger partial charge in [-0.1, -0.05) is 6.07 Å². The van der Waals surface area contributed by atoms with Crippen LogP contribution in [0.2, 0.25) is 0 Å². The summed E-state index contributed by atoms with van der Waals surface area (Å²) >= 11 is 0. The number of hydrogen-bond donors (Lipinski definition) is 2. The molecule has 1 rings (SSSR count). The summed E-state index contributed by atoms with van der Waals surface area (Å²) < 4.78 is 41.1. The summed E-state index contributed by atoms with van der Waals surface area (Å²) in [5.41, 5.74) is -0.638. The van der Waals surface area contributed by atoms with E-state index in [2.05, 4.69) is 4.74 Å². The summed E-state index contributed by atoms with van der Waals surface area (Å²) in [6, 6.07) is 1.30. The summed E-state index contributed by atoms with van der Waals surface area (Å²) in [5, 5.41) is 21.4. The zero-order chi connectivity index (χ0) is 17.8. The average molecular weight is 336 g/mol. The number of amides is 1. The highest BCUT2D eigenvalue weighted by Crippen LogP contribution is 2.27. The molecule has 0 saturated heterocycles. The van der Waals surface area contributed by atoms with Gasteiger partial charge in [-0.3, -0.25) is 14.9 Å². The van der Waals surface area contributed by atoms with Crippen molar-refractivity contribution in [3.8, 4) is 5.75 Å². The van der Waals surface area contributed by atoms with E-state index in [-0.39, 0.29) is 5.56 Å². The molecule has 0 radical (unpaired) electrons. The summed E-state index contributed by atoms with van der Waals surface area (Å²) in [7, 11) is 0.911. The molecular weight excluding hydrogens is 325 g/mol. The molecule has 11 heteroatoms. The topological polar surface area (TPSA) is 119 Å². The molecule has 1 aromatic carbocycles. The Hall–Kier alpha value is -2.85. The zero-order valence-electron chi connectivity index (χ0n) is 11.6. The number of ether oxygens (including phenoxy) is 1. The quantitative estimate of drug-likeness (QED) is 0.471. The SMILES string of the molecule is COC(=O)[C@H](Cc1ccc(O)c([N+](=O)[O-])c1)NC(=O)C(F)(F)F. The lowest BCUT2D eigenvalue weighted by atomic mass is 10.0. The van der Waals surface area contributed by atoms with Gasteiger partial charge in [0.05, 0.1) is 12.0 Å². The molecule has 0 aliphatic carbocycles. The molecule has 0 unspecified atom stereocenters. The lowest BCUT2D eigenvalue weighted by Crippen LogP contribution is -2.48. The van der Waals surface area contributed by atoms with E-state index in [0.717, 1.165) is 25.3 Å². The van der Waals surface area contributed by atoms with Crippen molar-refractivity contribution < 1.29 is 37.5 Å². The minimum absolute atomic E-state index is 0.0485. The van der Waals surface area contributed by atoms with Crippen LogP contribution in [0.4, 0.5) is 18.9 Å². The van der Waals surface area contributed by atoms with Crippen molar-refractivity contribution in [1.29, 1.82) is 0 Å². The molecule has 0 aromatic heterocycles. The van der Waals surface area contributed by atoms with Crippen molar-refractivity contribution in [1.82, 2.24) is 5.32 Å². The van der Waals surface area contributed by atoms with Gasteiger partial charge in [-0.25, -0.2) is 4.79 Å². The van der Waals surface area contributed by atoms with Gasteiger partial charge in [0.1, 0.15) is 6.04 Å². The van der Waals surface area contributed by atoms with E-state index in [9.17, 15) is 38.0 Å². The number of carbonyl (C=O) groups excluding carboxylic acids is 2. The number of aromatic hydroxyl groups is 1. The van der Waals surface area contributed by atoms with Crippen LogP contribution in [0.5, 0.6) is 5.75 Å². The van der Waals surface area contributed by atoms with Crippen LogP contribution < -0.4 is 5.32 Å². The minimum atomic E-state index is -5.20. The van der Waals surface area contributed by atoms with Crippen LogP contribution in [-0.2, 0) is 20.7 Å². The largest absolute Gasteiger partial charge is 0.502 e. The van der Waals surface area contributed by atoms with Gasteiger partial charge in [-0.15, -0.1) is 0 Å². The molecule has 1 aromatic rings. The molecule has 23 heavy (non-hydrogen) atoms. The molecule has 0 bridgehead atoms. The van der Waals surface area contributed by atoms with Gasteiger partial charge >= 0.3 is 23.7 Å². The number of nitrogens with one attached hydrogen (secondary N) is 1. The van der Waals surface area contributed by atoms with Crippen LogP contribution in [0.25, 0.3) is 0 Å². The van der Waals surface area contributed by atoms with Crippen molar-refractivity contribution in [2.45, 2.75) is 18.6 Å². The normalized spacial score (nSPS) is 12.3. The van der Waals surface area contributed by atoms with Gasteiger partial charge < -0.3 is 15.2 Å². The summed E-state index contributed by atoms with van der Waals surface area (Å²) in [6.45, 7) is 0. The molecule has 1 amide bonds. The van der Waals surface area contributed by atoms with Crippen molar-refractivity contribution in [3.63, 3.8) is 0 Å². The third-order valence-electron chi connectivity index (χ3n) is 2.72. The molecule has 0 spiro atoms. The number of rotatable bonds is 5. The number of carbonyl (C=O) groups is 2. The number of nitro benzene ring substituents is 1. The lowest BCUT2D eigenvalue weighted by Gasteiger charge is -2.17. The maximum atomic E-state index is 12.3. The summed E-state index contributed by atoms with van der Waals surface area (Å²) in [4.78, 5) is 32.2. The van der Waals surface area contributed by atoms with Crippen LogP contribution in [0, 0.1) is 10.1 Å². The number of esters is 1. The van der Waals surface area contributed by atoms with Crippen LogP contribution in [0.1, 0.15) is 5.56 Å². The third kappa shape index (κ3) is 4.83. The second-order valence-corrected chi connectivity index (χ2v) is 4.33. The molecule has 0 saturated carbocycles. The smallest absolute Gasteiger partial charge is 0.471 e. The molecule has 0 heterocycles. The van der Waals surface area contributed by atoms with Crippen molar-refractivity contribution in [2.24, 2.45) is 0 Å². The standard InChI is InChI=1S/C12H11F3N2O6/c1-23-10(19)7(16-11(20)12(13,14)15)4-6-2-3-9(18)8(5-6)17(21)22/h2-3,5,7,18H,4H2,1H3,(H,16,20)/t7-/m0/s1. The van der Waals surface area contributed by atoms with Crippen LogP contribution in [0.15, 0.2) is 18.2 Å². The van der Waals surface area contributed by atoms with Crippen LogP contribution in [-0.4, -0.2) is 41.2 Å². The van der Waals surface area contributed by atoms with E-state index in [4.69, 9.17) is 0 Å². The summed E-state index contributed by atoms with van der Waals surface area (Å²) in [6.07, 6.45) is -5.69. The van der Waals surface area contributed by atoms with Gasteiger partial charge in [0.2, 0.25) is 0 Å². The van der Waals surface area contributed by atoms with Gasteiger partial charge in [-0.2, -0.15) is 13.2 Å². The maximum absolute atomic E-state index is 12.3. The van der Waals surface area contributed by atoms with E-state index >= 15 is 0 Å². The Bertz CT molecular complexity index is 632. The Morgan fingerprint density at radius 1 is 1.43 bits per heavy atom. The molecule has 2 N–H and O–H groups in total. The van der Waals surface area contributed by atoms with Crippen molar-refractivity contribution in [2.75, 3.05) is 7.11 Å². The highest BCUT2D eigenvalue weighted by atomic mass is 19.4. The Morgan fingerprint density at radius 3 is 2.52 bits per heavy atom. The van der Waals surface area contributed by atoms with Crippen molar-refractivity contribution in [3.05, 3.63) is 33.9 Å². The molecular formula is C12H11F3N2O6. The fourth-order valence-corrected chi connectivity index (χ4v) is 1.65. The number of nitro groups is 1. The Morgan fingerprint density at radius 2 is 2.04 bits per heavy atom. The monoisotopic (exact) mass is 336 g/mol. The molecule has 126 valence electrons. The van der Waals surface area contributed by atoms with E-state index < -0.39 is 46.9 Å². The first kappa shape index (κ1) is 18.2. The fourth-order valence-electron chi connectivity index (χ4n) is 1.65. The molecule has 1 atom stereocenters. The molecule has 0 aliphatic rings. The predicted molar refractivity (Wildman–Crippen MR) is 68.5 cm³/mol. The second kappa shape index (κ2) is 6.94. The Kier molecular flexibility index (Phi) is 5.49. The molecule has 0 aliphatic heterocycles. The fraction of sp³-hybridized carbons (Fsp3) is 0.333. The van der Waals surface area contributed by atoms with Gasteiger partial charge in [-0.05, 0) is 11.6 Å². The first-order valence-electron chi connectivity index (χ1n) is 5.98. The maximum Gasteiger partial charge on any atom is 0.471 e. The zero-order valence-corrected chi connectivity index (χ0v) is 11.6. The number of halogens is 3. The summed E-state index contributed by atoms with van der Waals surface area (Å²) in [5.74, 6) is -4.15. The number of alkyl halides is 3. The lowest BCUT2D eigenvalue weighted by molar-refractivity contribution is -0.385. The van der Waals surface area contributed by atoms with Crippen LogP contribution >= 0.6 is 0 Å². The minimum Gasteiger partial charge on any atom is -0.502 e.